The first-order valence-electron chi connectivity index (χ1n) is 5.20. The van der Waals surface area contributed by atoms with Gasteiger partial charge < -0.3 is 21.1 Å². The van der Waals surface area contributed by atoms with Crippen molar-refractivity contribution in [1.82, 2.24) is 5.32 Å². The number of ether oxygens (including phenoxy) is 1. The van der Waals surface area contributed by atoms with Crippen LogP contribution in [0.25, 0.3) is 0 Å². The molecule has 1 saturated heterocycles. The monoisotopic (exact) mass is 207 g/mol. The molecule has 0 spiro atoms. The highest BCUT2D eigenvalue weighted by Crippen LogP contribution is 2.27. The SMILES string of the molecule is COc1cc(N)ccc1NC1CCNC1. The van der Waals surface area contributed by atoms with Crippen LogP contribution in [0.1, 0.15) is 6.42 Å². The summed E-state index contributed by atoms with van der Waals surface area (Å²) >= 11 is 0. The lowest BCUT2D eigenvalue weighted by molar-refractivity contribution is 0.416. The summed E-state index contributed by atoms with van der Waals surface area (Å²) in [5.74, 6) is 0.807. The third-order valence-electron chi connectivity index (χ3n) is 2.65. The van der Waals surface area contributed by atoms with Gasteiger partial charge in [0.25, 0.3) is 0 Å². The first kappa shape index (κ1) is 10.1. The normalized spacial score (nSPS) is 20.2. The van der Waals surface area contributed by atoms with Gasteiger partial charge in [0.2, 0.25) is 0 Å². The third-order valence-corrected chi connectivity index (χ3v) is 2.65. The van der Waals surface area contributed by atoms with Crippen molar-refractivity contribution in [3.05, 3.63) is 18.2 Å². The van der Waals surface area contributed by atoms with Crippen molar-refractivity contribution < 1.29 is 4.74 Å². The smallest absolute Gasteiger partial charge is 0.144 e. The van der Waals surface area contributed by atoms with Gasteiger partial charge in [-0.25, -0.2) is 0 Å². The van der Waals surface area contributed by atoms with E-state index in [2.05, 4.69) is 10.6 Å². The molecule has 0 amide bonds. The van der Waals surface area contributed by atoms with Crippen LogP contribution in [-0.2, 0) is 0 Å². The molecule has 4 heteroatoms. The Morgan fingerprint density at radius 1 is 1.53 bits per heavy atom. The number of nitrogens with two attached hydrogens (primary N) is 1. The van der Waals surface area contributed by atoms with Crippen LogP contribution in [0.3, 0.4) is 0 Å². The van der Waals surface area contributed by atoms with Crippen LogP contribution in [-0.4, -0.2) is 26.2 Å². The first-order valence-corrected chi connectivity index (χ1v) is 5.20. The molecule has 1 aromatic carbocycles. The van der Waals surface area contributed by atoms with Crippen molar-refractivity contribution in [3.8, 4) is 5.75 Å². The lowest BCUT2D eigenvalue weighted by atomic mass is 10.2. The van der Waals surface area contributed by atoms with Crippen LogP contribution in [0.4, 0.5) is 11.4 Å². The molecular weight excluding hydrogens is 190 g/mol. The Bertz CT molecular complexity index is 335. The summed E-state index contributed by atoms with van der Waals surface area (Å²) in [5, 5.41) is 6.76. The van der Waals surface area contributed by atoms with Gasteiger partial charge in [-0.2, -0.15) is 0 Å². The third kappa shape index (κ3) is 2.33. The molecule has 0 saturated carbocycles. The molecule has 4 N–H and O–H groups in total. The zero-order valence-electron chi connectivity index (χ0n) is 8.92. The van der Waals surface area contributed by atoms with E-state index < -0.39 is 0 Å². The highest BCUT2D eigenvalue weighted by atomic mass is 16.5. The van der Waals surface area contributed by atoms with Crippen molar-refractivity contribution >= 4 is 11.4 Å². The van der Waals surface area contributed by atoms with E-state index in [0.29, 0.717) is 6.04 Å². The molecule has 4 nitrogen and oxygen atoms in total. The van der Waals surface area contributed by atoms with E-state index >= 15 is 0 Å². The van der Waals surface area contributed by atoms with E-state index in [1.807, 2.05) is 18.2 Å². The number of benzene rings is 1. The van der Waals surface area contributed by atoms with Crippen molar-refractivity contribution in [2.75, 3.05) is 31.2 Å². The van der Waals surface area contributed by atoms with Crippen LogP contribution >= 0.6 is 0 Å². The van der Waals surface area contributed by atoms with Gasteiger partial charge in [0, 0.05) is 24.3 Å². The van der Waals surface area contributed by atoms with Crippen LogP contribution in [0.2, 0.25) is 0 Å². The molecule has 1 aromatic rings. The molecule has 1 atom stereocenters. The summed E-state index contributed by atoms with van der Waals surface area (Å²) in [6.07, 6.45) is 1.15. The molecule has 0 aromatic heterocycles. The van der Waals surface area contributed by atoms with Gasteiger partial charge in [-0.15, -0.1) is 0 Å². The average molecular weight is 207 g/mol. The molecule has 1 unspecified atom stereocenters. The van der Waals surface area contributed by atoms with Gasteiger partial charge >= 0.3 is 0 Å². The molecule has 82 valence electrons. The van der Waals surface area contributed by atoms with Gasteiger partial charge in [-0.3, -0.25) is 0 Å². The van der Waals surface area contributed by atoms with Crippen molar-refractivity contribution in [3.63, 3.8) is 0 Å². The lowest BCUT2D eigenvalue weighted by Gasteiger charge is -2.16. The van der Waals surface area contributed by atoms with Crippen LogP contribution in [0.15, 0.2) is 18.2 Å². The molecule has 0 aliphatic carbocycles. The first-order chi connectivity index (χ1) is 7.29. The van der Waals surface area contributed by atoms with Crippen LogP contribution in [0.5, 0.6) is 5.75 Å². The van der Waals surface area contributed by atoms with E-state index in [1.54, 1.807) is 7.11 Å². The Morgan fingerprint density at radius 2 is 2.40 bits per heavy atom. The standard InChI is InChI=1S/C11H17N3O/c1-15-11-6-8(12)2-3-10(11)14-9-4-5-13-7-9/h2-3,6,9,13-14H,4-5,7,12H2,1H3. The molecule has 1 fully saturated rings. The van der Waals surface area contributed by atoms with E-state index in [-0.39, 0.29) is 0 Å². The van der Waals surface area contributed by atoms with E-state index in [4.69, 9.17) is 10.5 Å². The van der Waals surface area contributed by atoms with E-state index in [0.717, 1.165) is 36.6 Å². The summed E-state index contributed by atoms with van der Waals surface area (Å²) in [4.78, 5) is 0. The summed E-state index contributed by atoms with van der Waals surface area (Å²) in [7, 11) is 1.66. The average Bonchev–Trinajstić information content (AvgIpc) is 2.73. The fraction of sp³-hybridized carbons (Fsp3) is 0.455. The number of anilines is 2. The zero-order valence-corrected chi connectivity index (χ0v) is 8.92. The predicted molar refractivity (Wildman–Crippen MR) is 62.3 cm³/mol. The lowest BCUT2D eigenvalue weighted by Crippen LogP contribution is -2.22. The maximum atomic E-state index is 5.69. The molecule has 1 heterocycles. The van der Waals surface area contributed by atoms with E-state index in [1.165, 1.54) is 0 Å². The van der Waals surface area contributed by atoms with Crippen molar-refractivity contribution in [2.45, 2.75) is 12.5 Å². The largest absolute Gasteiger partial charge is 0.495 e. The number of hydrogen-bond donors (Lipinski definition) is 3. The minimum Gasteiger partial charge on any atom is -0.495 e. The fourth-order valence-corrected chi connectivity index (χ4v) is 1.82. The maximum Gasteiger partial charge on any atom is 0.144 e. The number of nitrogen functional groups attached to an aromatic ring is 1. The minimum absolute atomic E-state index is 0.488. The molecule has 1 aliphatic heterocycles. The minimum atomic E-state index is 0.488. The maximum absolute atomic E-state index is 5.69. The molecule has 1 aliphatic rings. The Morgan fingerprint density at radius 3 is 3.07 bits per heavy atom. The second-order valence-electron chi connectivity index (χ2n) is 3.79. The second-order valence-corrected chi connectivity index (χ2v) is 3.79. The summed E-state index contributed by atoms with van der Waals surface area (Å²) in [6, 6.07) is 6.17. The number of hydrogen-bond acceptors (Lipinski definition) is 4. The quantitative estimate of drug-likeness (QED) is 0.648. The number of methoxy groups -OCH3 is 1. The van der Waals surface area contributed by atoms with Gasteiger partial charge in [0.05, 0.1) is 12.8 Å². The van der Waals surface area contributed by atoms with Crippen LogP contribution < -0.4 is 21.1 Å². The molecule has 15 heavy (non-hydrogen) atoms. The van der Waals surface area contributed by atoms with Gasteiger partial charge in [0.1, 0.15) is 5.75 Å². The van der Waals surface area contributed by atoms with Gasteiger partial charge in [-0.05, 0) is 25.1 Å². The second kappa shape index (κ2) is 4.40. The highest BCUT2D eigenvalue weighted by molar-refractivity contribution is 5.62. The Balaban J connectivity index is 2.12. The van der Waals surface area contributed by atoms with Crippen molar-refractivity contribution in [1.29, 1.82) is 0 Å². The Labute approximate surface area is 89.8 Å². The Kier molecular flexibility index (Phi) is 2.97. The summed E-state index contributed by atoms with van der Waals surface area (Å²) in [6.45, 7) is 2.09. The topological polar surface area (TPSA) is 59.3 Å². The molecule has 2 rings (SSSR count). The Hall–Kier alpha value is -1.42. The molecule has 0 bridgehead atoms. The number of rotatable bonds is 3. The van der Waals surface area contributed by atoms with Crippen LogP contribution in [0, 0.1) is 0 Å². The summed E-state index contributed by atoms with van der Waals surface area (Å²) in [5.41, 5.74) is 7.43. The fourth-order valence-electron chi connectivity index (χ4n) is 1.82. The molecular formula is C11H17N3O. The van der Waals surface area contributed by atoms with Gasteiger partial charge in [0.15, 0.2) is 0 Å². The summed E-state index contributed by atoms with van der Waals surface area (Å²) < 4.78 is 5.27. The van der Waals surface area contributed by atoms with Crippen molar-refractivity contribution in [2.24, 2.45) is 0 Å². The van der Waals surface area contributed by atoms with Gasteiger partial charge in [-0.1, -0.05) is 0 Å². The van der Waals surface area contributed by atoms with E-state index in [9.17, 15) is 0 Å². The zero-order chi connectivity index (χ0) is 10.7. The highest BCUT2D eigenvalue weighted by Gasteiger charge is 2.15. The number of nitrogens with one attached hydrogen (secondary N) is 2. The molecule has 0 radical (unpaired) electrons. The predicted octanol–water partition coefficient (Wildman–Crippen LogP) is 1.05.